The molecule has 0 aliphatic heterocycles. The fourth-order valence-electron chi connectivity index (χ4n) is 3.43. The Morgan fingerprint density at radius 2 is 1.47 bits per heavy atom. The van der Waals surface area contributed by atoms with Crippen LogP contribution in [-0.2, 0) is 20.0 Å². The summed E-state index contributed by atoms with van der Waals surface area (Å²) in [5, 5.41) is 0.476. The number of fused-ring (bicyclic) bond motifs is 1. The first-order chi connectivity index (χ1) is 17.2. The molecule has 0 unspecified atom stereocenters. The summed E-state index contributed by atoms with van der Waals surface area (Å²) in [6.45, 7) is 0. The average molecular weight is 541 g/mol. The van der Waals surface area contributed by atoms with E-state index in [-0.39, 0.29) is 26.4 Å². The maximum absolute atomic E-state index is 13.2. The summed E-state index contributed by atoms with van der Waals surface area (Å²) in [5.41, 5.74) is 0.794. The van der Waals surface area contributed by atoms with Crippen molar-refractivity contribution in [2.24, 2.45) is 0 Å². The molecular formula is C24H17ClN4O5S2. The summed E-state index contributed by atoms with van der Waals surface area (Å²) in [5.74, 6) is 0.361. The van der Waals surface area contributed by atoms with Crippen LogP contribution in [0.3, 0.4) is 0 Å². The third-order valence-electron chi connectivity index (χ3n) is 5.11. The molecule has 182 valence electrons. The van der Waals surface area contributed by atoms with Crippen LogP contribution in [0.4, 0.5) is 11.4 Å². The van der Waals surface area contributed by atoms with Crippen LogP contribution in [0.2, 0.25) is 5.02 Å². The van der Waals surface area contributed by atoms with Crippen LogP contribution in [0.1, 0.15) is 0 Å². The SMILES string of the molecule is O=S(=O)(Nc1ccc(Cl)cc1NS(=O)(=O)c1cc2ccccc2o1)c1cccc(-c2ncccn2)c1. The fraction of sp³-hybridized carbons (Fsp3) is 0. The predicted octanol–water partition coefficient (Wildman–Crippen LogP) is 5.14. The van der Waals surface area contributed by atoms with Crippen molar-refractivity contribution in [1.29, 1.82) is 0 Å². The van der Waals surface area contributed by atoms with Crippen LogP contribution in [0.15, 0.2) is 106 Å². The van der Waals surface area contributed by atoms with Gasteiger partial charge in [-0.15, -0.1) is 0 Å². The van der Waals surface area contributed by atoms with Crippen molar-refractivity contribution < 1.29 is 21.3 Å². The second kappa shape index (κ2) is 9.26. The minimum absolute atomic E-state index is 0.0274. The smallest absolute Gasteiger partial charge is 0.295 e. The number of anilines is 2. The fourth-order valence-corrected chi connectivity index (χ4v) is 5.77. The van der Waals surface area contributed by atoms with Crippen molar-refractivity contribution in [2.75, 3.05) is 9.44 Å². The lowest BCUT2D eigenvalue weighted by Crippen LogP contribution is -2.17. The van der Waals surface area contributed by atoms with E-state index in [9.17, 15) is 16.8 Å². The molecule has 2 heterocycles. The number of furan rings is 1. The standard InChI is InChI=1S/C24H17ClN4O5S2/c25-18-9-10-20(21(15-18)29-36(32,33)23-14-16-5-1-2-8-22(16)34-23)28-35(30,31)19-7-3-6-17(13-19)24-26-11-4-12-27-24/h1-15,28-29H. The summed E-state index contributed by atoms with van der Waals surface area (Å²) in [4.78, 5) is 8.21. The highest BCUT2D eigenvalue weighted by atomic mass is 35.5. The van der Waals surface area contributed by atoms with E-state index in [4.69, 9.17) is 16.0 Å². The number of sulfonamides is 2. The number of hydrogen-bond donors (Lipinski definition) is 2. The normalized spacial score (nSPS) is 11.9. The second-order valence-electron chi connectivity index (χ2n) is 7.60. The lowest BCUT2D eigenvalue weighted by Gasteiger charge is -2.14. The van der Waals surface area contributed by atoms with Gasteiger partial charge in [-0.05, 0) is 42.5 Å². The molecule has 2 N–H and O–H groups in total. The zero-order valence-electron chi connectivity index (χ0n) is 18.3. The third-order valence-corrected chi connectivity index (χ3v) is 7.92. The Morgan fingerprint density at radius 1 is 0.722 bits per heavy atom. The molecule has 0 atom stereocenters. The van der Waals surface area contributed by atoms with Crippen LogP contribution in [0, 0.1) is 0 Å². The van der Waals surface area contributed by atoms with Crippen LogP contribution < -0.4 is 9.44 Å². The lowest BCUT2D eigenvalue weighted by atomic mass is 10.2. The summed E-state index contributed by atoms with van der Waals surface area (Å²) in [7, 11) is -8.33. The molecule has 0 aliphatic rings. The third kappa shape index (κ3) is 4.89. The molecule has 0 amide bonds. The Morgan fingerprint density at radius 3 is 2.25 bits per heavy atom. The van der Waals surface area contributed by atoms with E-state index in [0.29, 0.717) is 22.4 Å². The van der Waals surface area contributed by atoms with Crippen molar-refractivity contribution >= 4 is 54.0 Å². The number of hydrogen-bond acceptors (Lipinski definition) is 7. The van der Waals surface area contributed by atoms with Crippen molar-refractivity contribution in [3.05, 3.63) is 96.3 Å². The van der Waals surface area contributed by atoms with Gasteiger partial charge in [0.05, 0.1) is 16.3 Å². The summed E-state index contributed by atoms with van der Waals surface area (Å²) in [6.07, 6.45) is 3.10. The zero-order valence-corrected chi connectivity index (χ0v) is 20.7. The predicted molar refractivity (Wildman–Crippen MR) is 137 cm³/mol. The van der Waals surface area contributed by atoms with Gasteiger partial charge in [-0.3, -0.25) is 9.44 Å². The molecule has 3 aromatic carbocycles. The molecule has 12 heteroatoms. The molecule has 0 fully saturated rings. The first-order valence-corrected chi connectivity index (χ1v) is 13.8. The maximum Gasteiger partial charge on any atom is 0.295 e. The van der Waals surface area contributed by atoms with Gasteiger partial charge in [0.25, 0.3) is 20.0 Å². The van der Waals surface area contributed by atoms with Crippen molar-refractivity contribution in [3.63, 3.8) is 0 Å². The Labute approximate surface area is 211 Å². The van der Waals surface area contributed by atoms with Crippen LogP contribution in [-0.4, -0.2) is 26.8 Å². The quantitative estimate of drug-likeness (QED) is 0.292. The van der Waals surface area contributed by atoms with Gasteiger partial charge in [-0.2, -0.15) is 8.42 Å². The van der Waals surface area contributed by atoms with Gasteiger partial charge in [0, 0.05) is 34.4 Å². The monoisotopic (exact) mass is 540 g/mol. The number of halogens is 1. The first kappa shape index (κ1) is 23.8. The number of rotatable bonds is 7. The lowest BCUT2D eigenvalue weighted by molar-refractivity contribution is 0.484. The van der Waals surface area contributed by atoms with E-state index in [1.54, 1.807) is 54.9 Å². The van der Waals surface area contributed by atoms with E-state index in [0.717, 1.165) is 0 Å². The van der Waals surface area contributed by atoms with Gasteiger partial charge < -0.3 is 4.42 Å². The van der Waals surface area contributed by atoms with E-state index in [2.05, 4.69) is 19.4 Å². The summed E-state index contributed by atoms with van der Waals surface area (Å²) < 4.78 is 62.7. The Kier molecular flexibility index (Phi) is 6.12. The topological polar surface area (TPSA) is 131 Å². The molecule has 0 saturated carbocycles. The number of nitrogens with one attached hydrogen (secondary N) is 2. The second-order valence-corrected chi connectivity index (χ2v) is 11.3. The highest BCUT2D eigenvalue weighted by Crippen LogP contribution is 2.32. The molecule has 2 aromatic heterocycles. The molecule has 5 aromatic rings. The summed E-state index contributed by atoms with van der Waals surface area (Å²) in [6, 6.07) is 20.0. The highest BCUT2D eigenvalue weighted by molar-refractivity contribution is 7.93. The van der Waals surface area contributed by atoms with E-state index in [1.807, 2.05) is 0 Å². The van der Waals surface area contributed by atoms with Crippen molar-refractivity contribution in [2.45, 2.75) is 9.99 Å². The van der Waals surface area contributed by atoms with Gasteiger partial charge in [0.15, 0.2) is 5.82 Å². The minimum atomic E-state index is -4.20. The van der Waals surface area contributed by atoms with Crippen molar-refractivity contribution in [1.82, 2.24) is 9.97 Å². The largest absolute Gasteiger partial charge is 0.443 e. The zero-order chi connectivity index (χ0) is 25.3. The van der Waals surface area contributed by atoms with Gasteiger partial charge in [0.1, 0.15) is 5.58 Å². The average Bonchev–Trinajstić information content (AvgIpc) is 3.32. The Balaban J connectivity index is 1.47. The number of nitrogens with zero attached hydrogens (tertiary/aromatic N) is 2. The molecule has 5 rings (SSSR count). The molecule has 0 aliphatic carbocycles. The Bertz CT molecular complexity index is 1760. The molecular weight excluding hydrogens is 524 g/mol. The maximum atomic E-state index is 13.2. The van der Waals surface area contributed by atoms with E-state index >= 15 is 0 Å². The number of para-hydroxylation sites is 1. The highest BCUT2D eigenvalue weighted by Gasteiger charge is 2.23. The number of aromatic nitrogens is 2. The molecule has 0 bridgehead atoms. The molecule has 0 radical (unpaired) electrons. The van der Waals surface area contributed by atoms with Crippen LogP contribution in [0.5, 0.6) is 0 Å². The van der Waals surface area contributed by atoms with Crippen LogP contribution >= 0.6 is 11.6 Å². The Hall–Kier alpha value is -3.93. The van der Waals surface area contributed by atoms with Gasteiger partial charge in [-0.1, -0.05) is 41.9 Å². The van der Waals surface area contributed by atoms with Gasteiger partial charge >= 0.3 is 0 Å². The van der Waals surface area contributed by atoms with Crippen LogP contribution in [0.25, 0.3) is 22.4 Å². The molecule has 36 heavy (non-hydrogen) atoms. The van der Waals surface area contributed by atoms with Gasteiger partial charge in [0.2, 0.25) is 5.09 Å². The number of benzene rings is 3. The van der Waals surface area contributed by atoms with Crippen molar-refractivity contribution in [3.8, 4) is 11.4 Å². The first-order valence-electron chi connectivity index (χ1n) is 10.4. The minimum Gasteiger partial charge on any atom is -0.443 e. The molecule has 0 saturated heterocycles. The summed E-state index contributed by atoms with van der Waals surface area (Å²) >= 11 is 6.08. The van der Waals surface area contributed by atoms with E-state index < -0.39 is 20.0 Å². The molecule has 0 spiro atoms. The van der Waals surface area contributed by atoms with E-state index in [1.165, 1.54) is 36.4 Å². The van der Waals surface area contributed by atoms with Gasteiger partial charge in [-0.25, -0.2) is 18.4 Å². The molecule has 9 nitrogen and oxygen atoms in total.